The molecule has 0 unspecified atom stereocenters. The predicted molar refractivity (Wildman–Crippen MR) is 101 cm³/mol. The topological polar surface area (TPSA) is 41.6 Å². The molecule has 1 amide bonds. The highest BCUT2D eigenvalue weighted by Gasteiger charge is 2.16. The SMILES string of the molecule is CC(C)(C)OC(=O)NCCN(Cc1ccccc1)Cc1ccccc1. The van der Waals surface area contributed by atoms with E-state index in [1.807, 2.05) is 32.9 Å². The fourth-order valence-corrected chi connectivity index (χ4v) is 2.53. The number of rotatable bonds is 7. The quantitative estimate of drug-likeness (QED) is 0.821. The Labute approximate surface area is 150 Å². The number of alkyl carbamates (subject to hydrolysis) is 1. The summed E-state index contributed by atoms with van der Waals surface area (Å²) in [7, 11) is 0. The first-order valence-electron chi connectivity index (χ1n) is 8.69. The number of carbonyl (C=O) groups is 1. The number of amides is 1. The normalized spacial score (nSPS) is 11.4. The van der Waals surface area contributed by atoms with Crippen molar-refractivity contribution in [2.75, 3.05) is 13.1 Å². The molecule has 0 spiro atoms. The number of benzene rings is 2. The van der Waals surface area contributed by atoms with Crippen molar-refractivity contribution in [2.24, 2.45) is 0 Å². The van der Waals surface area contributed by atoms with E-state index in [1.165, 1.54) is 11.1 Å². The molecule has 0 fully saturated rings. The molecule has 0 atom stereocenters. The van der Waals surface area contributed by atoms with E-state index in [-0.39, 0.29) is 6.09 Å². The summed E-state index contributed by atoms with van der Waals surface area (Å²) in [4.78, 5) is 14.1. The standard InChI is InChI=1S/C21H28N2O2/c1-21(2,3)25-20(24)22-14-15-23(16-18-10-6-4-7-11-18)17-19-12-8-5-9-13-19/h4-13H,14-17H2,1-3H3,(H,22,24). The Kier molecular flexibility index (Phi) is 7.02. The van der Waals surface area contributed by atoms with Crippen molar-refractivity contribution in [3.8, 4) is 0 Å². The molecule has 0 saturated heterocycles. The second-order valence-electron chi connectivity index (χ2n) is 7.11. The summed E-state index contributed by atoms with van der Waals surface area (Å²) in [6.07, 6.45) is -0.369. The average molecular weight is 340 g/mol. The predicted octanol–water partition coefficient (Wildman–Crippen LogP) is 4.21. The maximum absolute atomic E-state index is 11.8. The number of ether oxygens (including phenoxy) is 1. The second kappa shape index (κ2) is 9.23. The van der Waals surface area contributed by atoms with Crippen LogP contribution in [0.1, 0.15) is 31.9 Å². The van der Waals surface area contributed by atoms with Crippen LogP contribution in [0.5, 0.6) is 0 Å². The number of nitrogens with one attached hydrogen (secondary N) is 1. The molecule has 0 radical (unpaired) electrons. The van der Waals surface area contributed by atoms with Gasteiger partial charge in [-0.25, -0.2) is 4.79 Å². The lowest BCUT2D eigenvalue weighted by molar-refractivity contribution is 0.0521. The first kappa shape index (κ1) is 19.0. The summed E-state index contributed by atoms with van der Waals surface area (Å²) in [6, 6.07) is 20.7. The number of carbonyl (C=O) groups excluding carboxylic acids is 1. The summed E-state index contributed by atoms with van der Waals surface area (Å²) in [5, 5.41) is 2.84. The summed E-state index contributed by atoms with van der Waals surface area (Å²) in [5.74, 6) is 0. The minimum Gasteiger partial charge on any atom is -0.444 e. The van der Waals surface area contributed by atoms with E-state index in [0.717, 1.165) is 19.6 Å². The van der Waals surface area contributed by atoms with E-state index in [4.69, 9.17) is 4.74 Å². The lowest BCUT2D eigenvalue weighted by Crippen LogP contribution is -2.37. The molecule has 0 bridgehead atoms. The van der Waals surface area contributed by atoms with Crippen LogP contribution in [0.4, 0.5) is 4.79 Å². The number of nitrogens with zero attached hydrogens (tertiary/aromatic N) is 1. The Morgan fingerprint density at radius 2 is 1.40 bits per heavy atom. The summed E-state index contributed by atoms with van der Waals surface area (Å²) >= 11 is 0. The van der Waals surface area contributed by atoms with Crippen LogP contribution in [0.2, 0.25) is 0 Å². The molecule has 0 saturated carbocycles. The minimum absolute atomic E-state index is 0.369. The highest BCUT2D eigenvalue weighted by atomic mass is 16.6. The van der Waals surface area contributed by atoms with Gasteiger partial charge in [0.2, 0.25) is 0 Å². The van der Waals surface area contributed by atoms with Gasteiger partial charge in [0, 0.05) is 26.2 Å². The van der Waals surface area contributed by atoms with E-state index >= 15 is 0 Å². The van der Waals surface area contributed by atoms with E-state index in [1.54, 1.807) is 0 Å². The van der Waals surface area contributed by atoms with Crippen LogP contribution in [-0.4, -0.2) is 29.7 Å². The Morgan fingerprint density at radius 1 is 0.920 bits per heavy atom. The van der Waals surface area contributed by atoms with Crippen molar-refractivity contribution in [3.05, 3.63) is 71.8 Å². The van der Waals surface area contributed by atoms with Gasteiger partial charge in [0.25, 0.3) is 0 Å². The summed E-state index contributed by atoms with van der Waals surface area (Å²) in [6.45, 7) is 8.58. The molecular formula is C21H28N2O2. The van der Waals surface area contributed by atoms with Gasteiger partial charge in [0.1, 0.15) is 5.60 Å². The van der Waals surface area contributed by atoms with Crippen LogP contribution in [0.3, 0.4) is 0 Å². The smallest absolute Gasteiger partial charge is 0.407 e. The van der Waals surface area contributed by atoms with Gasteiger partial charge in [0.15, 0.2) is 0 Å². The van der Waals surface area contributed by atoms with Gasteiger partial charge >= 0.3 is 6.09 Å². The Bertz CT molecular complexity index is 594. The van der Waals surface area contributed by atoms with Crippen LogP contribution in [0.15, 0.2) is 60.7 Å². The average Bonchev–Trinajstić information content (AvgIpc) is 2.55. The van der Waals surface area contributed by atoms with E-state index in [9.17, 15) is 4.79 Å². The number of hydrogen-bond acceptors (Lipinski definition) is 3. The zero-order chi connectivity index (χ0) is 18.1. The summed E-state index contributed by atoms with van der Waals surface area (Å²) < 4.78 is 5.29. The van der Waals surface area contributed by atoms with Gasteiger partial charge in [-0.05, 0) is 31.9 Å². The van der Waals surface area contributed by atoms with Crippen molar-refractivity contribution in [3.63, 3.8) is 0 Å². The maximum Gasteiger partial charge on any atom is 0.407 e. The monoisotopic (exact) mass is 340 g/mol. The summed E-state index contributed by atoms with van der Waals surface area (Å²) in [5.41, 5.74) is 2.05. The van der Waals surface area contributed by atoms with Gasteiger partial charge in [-0.2, -0.15) is 0 Å². The van der Waals surface area contributed by atoms with Crippen LogP contribution in [0.25, 0.3) is 0 Å². The zero-order valence-electron chi connectivity index (χ0n) is 15.4. The van der Waals surface area contributed by atoms with E-state index in [2.05, 4.69) is 58.7 Å². The maximum atomic E-state index is 11.8. The molecule has 0 heterocycles. The van der Waals surface area contributed by atoms with Crippen molar-refractivity contribution in [2.45, 2.75) is 39.5 Å². The molecule has 1 N–H and O–H groups in total. The van der Waals surface area contributed by atoms with Crippen LogP contribution in [0, 0.1) is 0 Å². The van der Waals surface area contributed by atoms with Crippen molar-refractivity contribution >= 4 is 6.09 Å². The second-order valence-corrected chi connectivity index (χ2v) is 7.11. The molecule has 4 nitrogen and oxygen atoms in total. The third-order valence-corrected chi connectivity index (χ3v) is 3.59. The molecule has 0 aliphatic rings. The first-order chi connectivity index (χ1) is 11.9. The molecule has 0 aromatic heterocycles. The fraction of sp³-hybridized carbons (Fsp3) is 0.381. The molecule has 4 heteroatoms. The molecule has 0 aliphatic heterocycles. The largest absolute Gasteiger partial charge is 0.444 e. The van der Waals surface area contributed by atoms with Crippen molar-refractivity contribution < 1.29 is 9.53 Å². The molecule has 25 heavy (non-hydrogen) atoms. The van der Waals surface area contributed by atoms with Gasteiger partial charge in [0.05, 0.1) is 0 Å². The third kappa shape index (κ3) is 7.86. The van der Waals surface area contributed by atoms with Gasteiger partial charge in [-0.15, -0.1) is 0 Å². The van der Waals surface area contributed by atoms with Crippen LogP contribution < -0.4 is 5.32 Å². The molecule has 2 aromatic carbocycles. The number of hydrogen-bond donors (Lipinski definition) is 1. The molecule has 134 valence electrons. The Hall–Kier alpha value is -2.33. The van der Waals surface area contributed by atoms with Gasteiger partial charge in [-0.3, -0.25) is 4.90 Å². The van der Waals surface area contributed by atoms with Crippen LogP contribution in [-0.2, 0) is 17.8 Å². The molecule has 2 rings (SSSR count). The molecule has 0 aliphatic carbocycles. The lowest BCUT2D eigenvalue weighted by atomic mass is 10.1. The van der Waals surface area contributed by atoms with Gasteiger partial charge < -0.3 is 10.1 Å². The molecular weight excluding hydrogens is 312 g/mol. The fourth-order valence-electron chi connectivity index (χ4n) is 2.53. The minimum atomic E-state index is -0.474. The third-order valence-electron chi connectivity index (χ3n) is 3.59. The Balaban J connectivity index is 1.91. The van der Waals surface area contributed by atoms with Crippen molar-refractivity contribution in [1.29, 1.82) is 0 Å². The Morgan fingerprint density at radius 3 is 1.84 bits per heavy atom. The lowest BCUT2D eigenvalue weighted by Gasteiger charge is -2.24. The zero-order valence-corrected chi connectivity index (χ0v) is 15.4. The van der Waals surface area contributed by atoms with E-state index < -0.39 is 5.60 Å². The van der Waals surface area contributed by atoms with Crippen molar-refractivity contribution in [1.82, 2.24) is 10.2 Å². The highest BCUT2D eigenvalue weighted by molar-refractivity contribution is 5.67. The van der Waals surface area contributed by atoms with Gasteiger partial charge in [-0.1, -0.05) is 60.7 Å². The van der Waals surface area contributed by atoms with Crippen LogP contribution >= 0.6 is 0 Å². The molecule has 2 aromatic rings. The van der Waals surface area contributed by atoms with E-state index in [0.29, 0.717) is 6.54 Å². The first-order valence-corrected chi connectivity index (χ1v) is 8.69. The highest BCUT2D eigenvalue weighted by Crippen LogP contribution is 2.10.